The van der Waals surface area contributed by atoms with Gasteiger partial charge in [0, 0.05) is 30.5 Å². The molecule has 0 aliphatic carbocycles. The van der Waals surface area contributed by atoms with E-state index < -0.39 is 10.2 Å². The summed E-state index contributed by atoms with van der Waals surface area (Å²) in [6, 6.07) is 9.64. The molecule has 1 saturated heterocycles. The van der Waals surface area contributed by atoms with Crippen LogP contribution in [-0.4, -0.2) is 30.3 Å². The minimum Gasteiger partial charge on any atom is -0.271 e. The van der Waals surface area contributed by atoms with E-state index in [4.69, 9.17) is 0 Å². The zero-order valence-electron chi connectivity index (χ0n) is 13.4. The van der Waals surface area contributed by atoms with Crippen LogP contribution in [0.15, 0.2) is 42.7 Å². The number of hydrogen-bond donors (Lipinski definition) is 1. The van der Waals surface area contributed by atoms with Crippen molar-refractivity contribution in [3.63, 3.8) is 0 Å². The number of nitrogens with one attached hydrogen (secondary N) is 1. The molecule has 6 heteroatoms. The average molecular weight is 331 g/mol. The summed E-state index contributed by atoms with van der Waals surface area (Å²) in [5, 5.41) is 0. The van der Waals surface area contributed by atoms with E-state index in [1.807, 2.05) is 44.2 Å². The van der Waals surface area contributed by atoms with E-state index in [2.05, 4.69) is 9.71 Å². The van der Waals surface area contributed by atoms with Crippen LogP contribution < -0.4 is 4.72 Å². The van der Waals surface area contributed by atoms with Crippen molar-refractivity contribution in [2.45, 2.75) is 32.7 Å². The molecule has 1 aromatic heterocycles. The van der Waals surface area contributed by atoms with Crippen molar-refractivity contribution in [2.24, 2.45) is 0 Å². The van der Waals surface area contributed by atoms with Gasteiger partial charge in [-0.1, -0.05) is 18.2 Å². The lowest BCUT2D eigenvalue weighted by Gasteiger charge is -2.22. The fraction of sp³-hybridized carbons (Fsp3) is 0.353. The van der Waals surface area contributed by atoms with Crippen molar-refractivity contribution in [1.29, 1.82) is 0 Å². The summed E-state index contributed by atoms with van der Waals surface area (Å²) in [5.41, 5.74) is 3.41. The predicted molar refractivity (Wildman–Crippen MR) is 92.4 cm³/mol. The van der Waals surface area contributed by atoms with Gasteiger partial charge in [0.15, 0.2) is 0 Å². The fourth-order valence-electron chi connectivity index (χ4n) is 2.91. The number of benzene rings is 1. The molecule has 0 spiro atoms. The first kappa shape index (κ1) is 16.0. The molecule has 0 amide bonds. The van der Waals surface area contributed by atoms with Gasteiger partial charge in [0.2, 0.25) is 0 Å². The lowest BCUT2D eigenvalue weighted by atomic mass is 10.0. The lowest BCUT2D eigenvalue weighted by molar-refractivity contribution is 0.412. The maximum Gasteiger partial charge on any atom is 0.301 e. The van der Waals surface area contributed by atoms with Gasteiger partial charge in [0.1, 0.15) is 0 Å². The normalized spacial score (nSPS) is 19.0. The smallest absolute Gasteiger partial charge is 0.271 e. The standard InChI is InChI=1S/C17H21N3O2S/c1-13-7-8-15(16-6-3-9-18-12-16)11-17(13)19-23(21,22)20-10-4-5-14(20)2/h3,6-9,11-12,14,19H,4-5,10H2,1-2H3. The molecule has 2 aromatic rings. The SMILES string of the molecule is Cc1ccc(-c2cccnc2)cc1NS(=O)(=O)N1CCCC1C. The third kappa shape index (κ3) is 3.38. The number of aromatic nitrogens is 1. The highest BCUT2D eigenvalue weighted by Gasteiger charge is 2.31. The second-order valence-corrected chi connectivity index (χ2v) is 7.60. The number of pyridine rings is 1. The first-order valence-corrected chi connectivity index (χ1v) is 9.22. The van der Waals surface area contributed by atoms with E-state index in [0.717, 1.165) is 29.5 Å². The Morgan fingerprint density at radius 3 is 2.74 bits per heavy atom. The van der Waals surface area contributed by atoms with Gasteiger partial charge in [0.05, 0.1) is 5.69 Å². The molecule has 3 rings (SSSR count). The summed E-state index contributed by atoms with van der Waals surface area (Å²) in [5.74, 6) is 0. The molecule has 1 fully saturated rings. The Morgan fingerprint density at radius 2 is 2.09 bits per heavy atom. The molecule has 0 saturated carbocycles. The third-order valence-corrected chi connectivity index (χ3v) is 5.91. The van der Waals surface area contributed by atoms with Crippen molar-refractivity contribution in [3.8, 4) is 11.1 Å². The van der Waals surface area contributed by atoms with Crippen LogP contribution in [0.2, 0.25) is 0 Å². The Hall–Kier alpha value is -1.92. The molecular formula is C17H21N3O2S. The first-order valence-electron chi connectivity index (χ1n) is 7.78. The molecule has 1 unspecified atom stereocenters. The zero-order valence-corrected chi connectivity index (χ0v) is 14.2. The van der Waals surface area contributed by atoms with Crippen molar-refractivity contribution in [2.75, 3.05) is 11.3 Å². The maximum atomic E-state index is 12.6. The third-order valence-electron chi connectivity index (χ3n) is 4.27. The van der Waals surface area contributed by atoms with Crippen LogP contribution >= 0.6 is 0 Å². The van der Waals surface area contributed by atoms with E-state index >= 15 is 0 Å². The van der Waals surface area contributed by atoms with Crippen LogP contribution in [0.3, 0.4) is 0 Å². The summed E-state index contributed by atoms with van der Waals surface area (Å²) in [4.78, 5) is 4.11. The molecule has 0 radical (unpaired) electrons. The molecule has 122 valence electrons. The molecule has 1 atom stereocenters. The molecule has 1 N–H and O–H groups in total. The number of rotatable bonds is 4. The summed E-state index contributed by atoms with van der Waals surface area (Å²) in [6.07, 6.45) is 5.31. The van der Waals surface area contributed by atoms with Gasteiger partial charge in [-0.15, -0.1) is 0 Å². The average Bonchev–Trinajstić information content (AvgIpc) is 2.97. The van der Waals surface area contributed by atoms with Crippen LogP contribution in [0, 0.1) is 6.92 Å². The second-order valence-electron chi connectivity index (χ2n) is 5.98. The van der Waals surface area contributed by atoms with Gasteiger partial charge in [0.25, 0.3) is 0 Å². The van der Waals surface area contributed by atoms with E-state index in [-0.39, 0.29) is 6.04 Å². The second kappa shape index (κ2) is 6.29. The Labute approximate surface area is 137 Å². The number of hydrogen-bond acceptors (Lipinski definition) is 3. The van der Waals surface area contributed by atoms with E-state index in [9.17, 15) is 8.42 Å². The van der Waals surface area contributed by atoms with E-state index in [1.165, 1.54) is 0 Å². The molecule has 0 bridgehead atoms. The van der Waals surface area contributed by atoms with Gasteiger partial charge < -0.3 is 0 Å². The Bertz CT molecular complexity index is 791. The first-order chi connectivity index (χ1) is 11.0. The summed E-state index contributed by atoms with van der Waals surface area (Å²) in [6.45, 7) is 4.43. The minimum atomic E-state index is -3.52. The Balaban J connectivity index is 1.91. The van der Waals surface area contributed by atoms with Gasteiger partial charge in [-0.2, -0.15) is 12.7 Å². The monoisotopic (exact) mass is 331 g/mol. The van der Waals surface area contributed by atoms with Crippen molar-refractivity contribution in [1.82, 2.24) is 9.29 Å². The van der Waals surface area contributed by atoms with Gasteiger partial charge >= 0.3 is 10.2 Å². The molecule has 2 heterocycles. The maximum absolute atomic E-state index is 12.6. The quantitative estimate of drug-likeness (QED) is 0.936. The van der Waals surface area contributed by atoms with Crippen LogP contribution in [0.25, 0.3) is 11.1 Å². The lowest BCUT2D eigenvalue weighted by Crippen LogP contribution is -2.38. The van der Waals surface area contributed by atoms with E-state index in [1.54, 1.807) is 16.7 Å². The van der Waals surface area contributed by atoms with Crippen LogP contribution in [0.4, 0.5) is 5.69 Å². The molecule has 1 aromatic carbocycles. The van der Waals surface area contributed by atoms with Gasteiger partial charge in [-0.05, 0) is 49.9 Å². The van der Waals surface area contributed by atoms with Crippen molar-refractivity contribution < 1.29 is 8.42 Å². The Kier molecular flexibility index (Phi) is 4.37. The highest BCUT2D eigenvalue weighted by atomic mass is 32.2. The number of nitrogens with zero attached hydrogens (tertiary/aromatic N) is 2. The number of aryl methyl sites for hydroxylation is 1. The molecule has 23 heavy (non-hydrogen) atoms. The van der Waals surface area contributed by atoms with Crippen molar-refractivity contribution >= 4 is 15.9 Å². The largest absolute Gasteiger partial charge is 0.301 e. The summed E-state index contributed by atoms with van der Waals surface area (Å²) < 4.78 is 29.5. The predicted octanol–water partition coefficient (Wildman–Crippen LogP) is 3.20. The minimum absolute atomic E-state index is 0.0503. The van der Waals surface area contributed by atoms with Crippen LogP contribution in [-0.2, 0) is 10.2 Å². The fourth-order valence-corrected chi connectivity index (χ4v) is 4.47. The van der Waals surface area contributed by atoms with Crippen molar-refractivity contribution in [3.05, 3.63) is 48.3 Å². The summed E-state index contributed by atoms with van der Waals surface area (Å²) >= 11 is 0. The van der Waals surface area contributed by atoms with E-state index in [0.29, 0.717) is 12.2 Å². The highest BCUT2D eigenvalue weighted by molar-refractivity contribution is 7.90. The van der Waals surface area contributed by atoms with Gasteiger partial charge in [-0.3, -0.25) is 9.71 Å². The highest BCUT2D eigenvalue weighted by Crippen LogP contribution is 2.27. The summed E-state index contributed by atoms with van der Waals surface area (Å²) in [7, 11) is -3.52. The molecule has 1 aliphatic heterocycles. The van der Waals surface area contributed by atoms with Gasteiger partial charge in [-0.25, -0.2) is 0 Å². The van der Waals surface area contributed by atoms with Crippen LogP contribution in [0.5, 0.6) is 0 Å². The Morgan fingerprint density at radius 1 is 1.26 bits per heavy atom. The molecular weight excluding hydrogens is 310 g/mol. The topological polar surface area (TPSA) is 62.3 Å². The zero-order chi connectivity index (χ0) is 16.4. The van der Waals surface area contributed by atoms with Crippen LogP contribution in [0.1, 0.15) is 25.3 Å². The molecule has 5 nitrogen and oxygen atoms in total. The number of anilines is 1. The molecule has 1 aliphatic rings.